The second-order valence-electron chi connectivity index (χ2n) is 7.22. The number of carbonyl (C=O) groups excluding carboxylic acids is 1. The van der Waals surface area contributed by atoms with Crippen LogP contribution < -0.4 is 10.2 Å². The molecule has 0 atom stereocenters. The van der Waals surface area contributed by atoms with E-state index in [-0.39, 0.29) is 5.91 Å². The second kappa shape index (κ2) is 8.32. The monoisotopic (exact) mass is 327 g/mol. The lowest BCUT2D eigenvalue weighted by Gasteiger charge is -2.32. The van der Waals surface area contributed by atoms with Gasteiger partial charge in [-0.15, -0.1) is 0 Å². The van der Waals surface area contributed by atoms with Crippen LogP contribution in [0.3, 0.4) is 0 Å². The number of allylic oxidation sites excluding steroid dienone is 1. The van der Waals surface area contributed by atoms with E-state index >= 15 is 0 Å². The van der Waals surface area contributed by atoms with E-state index in [4.69, 9.17) is 0 Å². The van der Waals surface area contributed by atoms with E-state index in [0.717, 1.165) is 37.7 Å². The standard InChI is InChI=1S/C20H29N3O/c1-16-8-11-23(12-9-16)19-13-18(14-21-15-19)20(24)22-10-7-17-5-3-2-4-6-17/h5,13-16H,2-4,6-12H2,1H3,(H,22,24). The van der Waals surface area contributed by atoms with Crippen LogP contribution in [-0.2, 0) is 0 Å². The van der Waals surface area contributed by atoms with Crippen molar-refractivity contribution in [1.29, 1.82) is 0 Å². The minimum absolute atomic E-state index is 0.00821. The van der Waals surface area contributed by atoms with Gasteiger partial charge in [0.1, 0.15) is 0 Å². The number of anilines is 1. The van der Waals surface area contributed by atoms with Crippen molar-refractivity contribution in [3.63, 3.8) is 0 Å². The molecule has 1 N–H and O–H groups in total. The SMILES string of the molecule is CC1CCN(c2cncc(C(=O)NCCC3=CCCCC3)c2)CC1. The van der Waals surface area contributed by atoms with Gasteiger partial charge >= 0.3 is 0 Å². The van der Waals surface area contributed by atoms with E-state index in [9.17, 15) is 4.79 Å². The van der Waals surface area contributed by atoms with E-state index in [0.29, 0.717) is 5.56 Å². The van der Waals surface area contributed by atoms with Crippen molar-refractivity contribution in [3.8, 4) is 0 Å². The smallest absolute Gasteiger partial charge is 0.252 e. The molecule has 1 aromatic heterocycles. The second-order valence-corrected chi connectivity index (χ2v) is 7.22. The van der Waals surface area contributed by atoms with Crippen molar-refractivity contribution in [1.82, 2.24) is 10.3 Å². The molecule has 1 aliphatic heterocycles. The Hall–Kier alpha value is -1.84. The Bertz CT molecular complexity index is 588. The van der Waals surface area contributed by atoms with E-state index < -0.39 is 0 Å². The molecule has 24 heavy (non-hydrogen) atoms. The molecule has 2 heterocycles. The first kappa shape index (κ1) is 17.0. The van der Waals surface area contributed by atoms with Gasteiger partial charge in [-0.05, 0) is 56.9 Å². The molecule has 0 bridgehead atoms. The summed E-state index contributed by atoms with van der Waals surface area (Å²) in [6, 6.07) is 1.98. The molecular formula is C20H29N3O. The zero-order valence-electron chi connectivity index (χ0n) is 14.8. The lowest BCUT2D eigenvalue weighted by molar-refractivity contribution is 0.0953. The number of hydrogen-bond donors (Lipinski definition) is 1. The topological polar surface area (TPSA) is 45.2 Å². The summed E-state index contributed by atoms with van der Waals surface area (Å²) in [5, 5.41) is 3.05. The predicted molar refractivity (Wildman–Crippen MR) is 98.3 cm³/mol. The van der Waals surface area contributed by atoms with Gasteiger partial charge in [0.2, 0.25) is 0 Å². The zero-order valence-corrected chi connectivity index (χ0v) is 14.8. The number of nitrogens with zero attached hydrogens (tertiary/aromatic N) is 2. The normalized spacial score (nSPS) is 19.0. The largest absolute Gasteiger partial charge is 0.370 e. The Labute approximate surface area is 145 Å². The molecule has 1 fully saturated rings. The number of hydrogen-bond acceptors (Lipinski definition) is 3. The van der Waals surface area contributed by atoms with Gasteiger partial charge in [0.25, 0.3) is 5.91 Å². The average molecular weight is 327 g/mol. The average Bonchev–Trinajstić information content (AvgIpc) is 2.63. The lowest BCUT2D eigenvalue weighted by Crippen LogP contribution is -2.33. The fourth-order valence-electron chi connectivity index (χ4n) is 3.56. The van der Waals surface area contributed by atoms with Gasteiger partial charge in [0, 0.05) is 25.8 Å². The third-order valence-electron chi connectivity index (χ3n) is 5.25. The third kappa shape index (κ3) is 4.59. The van der Waals surface area contributed by atoms with Crippen molar-refractivity contribution in [2.45, 2.75) is 51.9 Å². The highest BCUT2D eigenvalue weighted by molar-refractivity contribution is 5.94. The van der Waals surface area contributed by atoms with Gasteiger partial charge in [0.05, 0.1) is 17.4 Å². The molecular weight excluding hydrogens is 298 g/mol. The molecule has 1 saturated heterocycles. The molecule has 0 spiro atoms. The Kier molecular flexibility index (Phi) is 5.89. The first-order valence-electron chi connectivity index (χ1n) is 9.38. The first-order chi connectivity index (χ1) is 11.7. The number of pyridine rings is 1. The summed E-state index contributed by atoms with van der Waals surface area (Å²) in [6.07, 6.45) is 14.3. The summed E-state index contributed by atoms with van der Waals surface area (Å²) in [4.78, 5) is 19.0. The van der Waals surface area contributed by atoms with Gasteiger partial charge in [-0.25, -0.2) is 0 Å². The summed E-state index contributed by atoms with van der Waals surface area (Å²) in [5.41, 5.74) is 3.24. The van der Waals surface area contributed by atoms with E-state index in [2.05, 4.69) is 28.2 Å². The first-order valence-corrected chi connectivity index (χ1v) is 9.38. The van der Waals surface area contributed by atoms with Gasteiger partial charge in [-0.1, -0.05) is 18.6 Å². The lowest BCUT2D eigenvalue weighted by atomic mass is 9.97. The number of carbonyl (C=O) groups is 1. The maximum atomic E-state index is 12.4. The van der Waals surface area contributed by atoms with E-state index in [1.165, 1.54) is 44.1 Å². The van der Waals surface area contributed by atoms with Crippen LogP contribution in [0.4, 0.5) is 5.69 Å². The highest BCUT2D eigenvalue weighted by atomic mass is 16.1. The molecule has 1 aliphatic carbocycles. The van der Waals surface area contributed by atoms with Gasteiger partial charge in [0.15, 0.2) is 0 Å². The Morgan fingerprint density at radius 3 is 2.88 bits per heavy atom. The van der Waals surface area contributed by atoms with Crippen molar-refractivity contribution >= 4 is 11.6 Å². The van der Waals surface area contributed by atoms with Crippen molar-refractivity contribution in [3.05, 3.63) is 35.7 Å². The molecule has 130 valence electrons. The summed E-state index contributed by atoms with van der Waals surface area (Å²) in [7, 11) is 0. The molecule has 0 radical (unpaired) electrons. The predicted octanol–water partition coefficient (Wildman–Crippen LogP) is 3.94. The molecule has 4 heteroatoms. The third-order valence-corrected chi connectivity index (χ3v) is 5.25. The summed E-state index contributed by atoms with van der Waals surface area (Å²) in [6.45, 7) is 5.14. The Morgan fingerprint density at radius 2 is 2.12 bits per heavy atom. The quantitative estimate of drug-likeness (QED) is 0.833. The Morgan fingerprint density at radius 1 is 1.29 bits per heavy atom. The van der Waals surface area contributed by atoms with Crippen LogP contribution in [0.1, 0.15) is 62.2 Å². The highest BCUT2D eigenvalue weighted by Crippen LogP contribution is 2.23. The van der Waals surface area contributed by atoms with Crippen molar-refractivity contribution in [2.75, 3.05) is 24.5 Å². The molecule has 0 aromatic carbocycles. The van der Waals surface area contributed by atoms with Gasteiger partial charge in [-0.2, -0.15) is 0 Å². The summed E-state index contributed by atoms with van der Waals surface area (Å²) >= 11 is 0. The number of aromatic nitrogens is 1. The molecule has 1 aromatic rings. The van der Waals surface area contributed by atoms with E-state index in [1.807, 2.05) is 12.3 Å². The summed E-state index contributed by atoms with van der Waals surface area (Å²) in [5.74, 6) is 0.793. The maximum absolute atomic E-state index is 12.4. The number of amides is 1. The molecule has 1 amide bonds. The Balaban J connectivity index is 1.53. The van der Waals surface area contributed by atoms with Gasteiger partial charge < -0.3 is 10.2 Å². The fraction of sp³-hybridized carbons (Fsp3) is 0.600. The van der Waals surface area contributed by atoms with Crippen LogP contribution in [0.5, 0.6) is 0 Å². The van der Waals surface area contributed by atoms with Crippen molar-refractivity contribution in [2.24, 2.45) is 5.92 Å². The van der Waals surface area contributed by atoms with Crippen LogP contribution in [-0.4, -0.2) is 30.5 Å². The van der Waals surface area contributed by atoms with Crippen LogP contribution in [0.25, 0.3) is 0 Å². The minimum atomic E-state index is -0.00821. The van der Waals surface area contributed by atoms with Crippen molar-refractivity contribution < 1.29 is 4.79 Å². The van der Waals surface area contributed by atoms with E-state index in [1.54, 1.807) is 6.20 Å². The number of nitrogens with one attached hydrogen (secondary N) is 1. The molecule has 0 saturated carbocycles. The fourth-order valence-corrected chi connectivity index (χ4v) is 3.56. The zero-order chi connectivity index (χ0) is 16.8. The molecule has 4 nitrogen and oxygen atoms in total. The van der Waals surface area contributed by atoms with Crippen LogP contribution in [0.15, 0.2) is 30.1 Å². The summed E-state index contributed by atoms with van der Waals surface area (Å²) < 4.78 is 0. The number of rotatable bonds is 5. The highest BCUT2D eigenvalue weighted by Gasteiger charge is 2.17. The van der Waals surface area contributed by atoms with Crippen LogP contribution >= 0.6 is 0 Å². The maximum Gasteiger partial charge on any atom is 0.252 e. The molecule has 0 unspecified atom stereocenters. The van der Waals surface area contributed by atoms with Crippen LogP contribution in [0.2, 0.25) is 0 Å². The minimum Gasteiger partial charge on any atom is -0.370 e. The molecule has 3 rings (SSSR count). The number of piperidine rings is 1. The van der Waals surface area contributed by atoms with Gasteiger partial charge in [-0.3, -0.25) is 9.78 Å². The van der Waals surface area contributed by atoms with Crippen LogP contribution in [0, 0.1) is 5.92 Å². The molecule has 2 aliphatic rings.